The summed E-state index contributed by atoms with van der Waals surface area (Å²) in [5.74, 6) is 1.60. The number of likely N-dealkylation sites (tertiary alicyclic amines) is 1. The van der Waals surface area contributed by atoms with Gasteiger partial charge in [-0.3, -0.25) is 4.79 Å². The molecule has 1 fully saturated rings. The lowest BCUT2D eigenvalue weighted by Gasteiger charge is -2.24. The summed E-state index contributed by atoms with van der Waals surface area (Å²) in [7, 11) is 0. The van der Waals surface area contributed by atoms with Crippen molar-refractivity contribution >= 4 is 5.91 Å². The number of aryl methyl sites for hydroxylation is 2. The highest BCUT2D eigenvalue weighted by Gasteiger charge is 2.31. The van der Waals surface area contributed by atoms with Crippen molar-refractivity contribution in [3.05, 3.63) is 59.0 Å². The van der Waals surface area contributed by atoms with E-state index < -0.39 is 0 Å². The van der Waals surface area contributed by atoms with E-state index in [2.05, 4.69) is 12.1 Å². The lowest BCUT2D eigenvalue weighted by Crippen LogP contribution is -2.30. The van der Waals surface area contributed by atoms with E-state index in [1.807, 2.05) is 43.0 Å². The predicted molar refractivity (Wildman–Crippen MR) is 77.6 cm³/mol. The monoisotopic (exact) mass is 269 g/mol. The van der Waals surface area contributed by atoms with Crippen LogP contribution in [0.5, 0.6) is 0 Å². The van der Waals surface area contributed by atoms with Crippen LogP contribution in [0.15, 0.2) is 40.8 Å². The molecule has 3 nitrogen and oxygen atoms in total. The molecule has 20 heavy (non-hydrogen) atoms. The van der Waals surface area contributed by atoms with Gasteiger partial charge in [-0.15, -0.1) is 0 Å². The van der Waals surface area contributed by atoms with Gasteiger partial charge in [-0.1, -0.05) is 30.3 Å². The summed E-state index contributed by atoms with van der Waals surface area (Å²) in [6, 6.07) is 12.3. The molecule has 1 amide bonds. The van der Waals surface area contributed by atoms with E-state index >= 15 is 0 Å². The molecule has 0 N–H and O–H groups in total. The van der Waals surface area contributed by atoms with Crippen LogP contribution in [0.4, 0.5) is 0 Å². The zero-order valence-corrected chi connectivity index (χ0v) is 11.9. The minimum Gasteiger partial charge on any atom is -0.466 e. The first-order chi connectivity index (χ1) is 9.66. The van der Waals surface area contributed by atoms with Gasteiger partial charge >= 0.3 is 0 Å². The maximum Gasteiger partial charge on any atom is 0.257 e. The van der Waals surface area contributed by atoms with Crippen LogP contribution < -0.4 is 0 Å². The van der Waals surface area contributed by atoms with Gasteiger partial charge in [0, 0.05) is 6.54 Å². The van der Waals surface area contributed by atoms with Crippen molar-refractivity contribution in [3.63, 3.8) is 0 Å². The maximum atomic E-state index is 12.7. The van der Waals surface area contributed by atoms with Gasteiger partial charge in [-0.25, -0.2) is 0 Å². The van der Waals surface area contributed by atoms with Crippen LogP contribution in [0, 0.1) is 13.8 Å². The van der Waals surface area contributed by atoms with Crippen LogP contribution in [0.3, 0.4) is 0 Å². The number of benzene rings is 1. The van der Waals surface area contributed by atoms with Crippen molar-refractivity contribution in [2.45, 2.75) is 32.7 Å². The fraction of sp³-hybridized carbons (Fsp3) is 0.353. The van der Waals surface area contributed by atoms with Crippen LogP contribution in [-0.2, 0) is 0 Å². The molecule has 0 radical (unpaired) electrons. The summed E-state index contributed by atoms with van der Waals surface area (Å²) in [4.78, 5) is 14.7. The molecule has 1 aliphatic rings. The Morgan fingerprint density at radius 2 is 2.00 bits per heavy atom. The van der Waals surface area contributed by atoms with E-state index in [-0.39, 0.29) is 11.9 Å². The van der Waals surface area contributed by atoms with E-state index in [4.69, 9.17) is 4.42 Å². The van der Waals surface area contributed by atoms with Gasteiger partial charge in [0.15, 0.2) is 0 Å². The third kappa shape index (κ3) is 2.24. The second-order valence-corrected chi connectivity index (χ2v) is 5.39. The number of hydrogen-bond acceptors (Lipinski definition) is 2. The van der Waals surface area contributed by atoms with Crippen molar-refractivity contribution in [1.29, 1.82) is 0 Å². The number of amides is 1. The Hall–Kier alpha value is -2.03. The van der Waals surface area contributed by atoms with Crippen LogP contribution in [0.25, 0.3) is 0 Å². The summed E-state index contributed by atoms with van der Waals surface area (Å²) in [5, 5.41) is 0. The highest BCUT2D eigenvalue weighted by atomic mass is 16.3. The van der Waals surface area contributed by atoms with Crippen LogP contribution in [-0.4, -0.2) is 17.4 Å². The number of hydrogen-bond donors (Lipinski definition) is 0. The second kappa shape index (κ2) is 5.16. The highest BCUT2D eigenvalue weighted by molar-refractivity contribution is 5.95. The molecule has 0 unspecified atom stereocenters. The fourth-order valence-corrected chi connectivity index (χ4v) is 3.03. The van der Waals surface area contributed by atoms with Gasteiger partial charge in [0.05, 0.1) is 11.6 Å². The largest absolute Gasteiger partial charge is 0.466 e. The Morgan fingerprint density at radius 3 is 2.65 bits per heavy atom. The van der Waals surface area contributed by atoms with E-state index in [1.165, 1.54) is 5.56 Å². The number of carbonyl (C=O) groups is 1. The highest BCUT2D eigenvalue weighted by Crippen LogP contribution is 2.33. The van der Waals surface area contributed by atoms with Gasteiger partial charge in [0.1, 0.15) is 11.5 Å². The molecule has 3 rings (SSSR count). The second-order valence-electron chi connectivity index (χ2n) is 5.39. The first-order valence-corrected chi connectivity index (χ1v) is 7.10. The normalized spacial score (nSPS) is 18.5. The predicted octanol–water partition coefficient (Wildman–Crippen LogP) is 3.87. The number of carbonyl (C=O) groups excluding carboxylic acids is 1. The quantitative estimate of drug-likeness (QED) is 0.829. The minimum absolute atomic E-state index is 0.0886. The zero-order valence-electron chi connectivity index (χ0n) is 11.9. The molecule has 1 aromatic carbocycles. The topological polar surface area (TPSA) is 33.5 Å². The third-order valence-corrected chi connectivity index (χ3v) is 3.97. The molecular weight excluding hydrogens is 250 g/mol. The van der Waals surface area contributed by atoms with Crippen molar-refractivity contribution in [2.24, 2.45) is 0 Å². The number of rotatable bonds is 2. The first kappa shape index (κ1) is 13.0. The molecule has 0 spiro atoms. The first-order valence-electron chi connectivity index (χ1n) is 7.10. The van der Waals surface area contributed by atoms with Crippen molar-refractivity contribution in [1.82, 2.24) is 4.90 Å². The lowest BCUT2D eigenvalue weighted by molar-refractivity contribution is 0.0734. The van der Waals surface area contributed by atoms with Gasteiger partial charge in [0.25, 0.3) is 5.91 Å². The SMILES string of the molecule is Cc1cc(C(=O)N2CCC[C@@H]2c2ccccc2)c(C)o1. The van der Waals surface area contributed by atoms with E-state index in [0.717, 1.165) is 25.1 Å². The lowest BCUT2D eigenvalue weighted by atomic mass is 10.0. The fourth-order valence-electron chi connectivity index (χ4n) is 3.03. The maximum absolute atomic E-state index is 12.7. The van der Waals surface area contributed by atoms with Gasteiger partial charge < -0.3 is 9.32 Å². The number of nitrogens with zero attached hydrogens (tertiary/aromatic N) is 1. The molecule has 104 valence electrons. The molecular formula is C17H19NO2. The summed E-state index contributed by atoms with van der Waals surface area (Å²) in [6.07, 6.45) is 2.09. The molecule has 1 saturated heterocycles. The Labute approximate surface area is 119 Å². The molecule has 0 saturated carbocycles. The van der Waals surface area contributed by atoms with Crippen LogP contribution in [0.1, 0.15) is 46.3 Å². The smallest absolute Gasteiger partial charge is 0.257 e. The zero-order chi connectivity index (χ0) is 14.1. The van der Waals surface area contributed by atoms with Gasteiger partial charge in [0.2, 0.25) is 0 Å². The van der Waals surface area contributed by atoms with E-state index in [1.54, 1.807) is 0 Å². The number of furan rings is 1. The molecule has 1 aromatic heterocycles. The Kier molecular flexibility index (Phi) is 3.35. The third-order valence-electron chi connectivity index (χ3n) is 3.97. The molecule has 3 heteroatoms. The van der Waals surface area contributed by atoms with E-state index in [9.17, 15) is 4.79 Å². The Balaban J connectivity index is 1.89. The van der Waals surface area contributed by atoms with Crippen LogP contribution >= 0.6 is 0 Å². The average Bonchev–Trinajstić information content (AvgIpc) is 3.05. The molecule has 2 aromatic rings. The average molecular weight is 269 g/mol. The summed E-state index contributed by atoms with van der Waals surface area (Å²) >= 11 is 0. The molecule has 1 atom stereocenters. The molecule has 2 heterocycles. The van der Waals surface area contributed by atoms with Gasteiger partial charge in [-0.2, -0.15) is 0 Å². The Bertz CT molecular complexity index is 615. The summed E-state index contributed by atoms with van der Waals surface area (Å²) in [6.45, 7) is 4.55. The minimum atomic E-state index is 0.0886. The summed E-state index contributed by atoms with van der Waals surface area (Å²) < 4.78 is 5.49. The molecule has 0 aliphatic carbocycles. The molecule has 1 aliphatic heterocycles. The van der Waals surface area contributed by atoms with E-state index in [0.29, 0.717) is 11.3 Å². The standard InChI is InChI=1S/C17H19NO2/c1-12-11-15(13(2)20-12)17(19)18-10-6-9-16(18)14-7-4-3-5-8-14/h3-5,7-8,11,16H,6,9-10H2,1-2H3/t16-/m1/s1. The van der Waals surface area contributed by atoms with Crippen molar-refractivity contribution in [2.75, 3.05) is 6.54 Å². The summed E-state index contributed by atoms with van der Waals surface area (Å²) in [5.41, 5.74) is 1.92. The Morgan fingerprint density at radius 1 is 1.25 bits per heavy atom. The van der Waals surface area contributed by atoms with Crippen molar-refractivity contribution < 1.29 is 9.21 Å². The van der Waals surface area contributed by atoms with Gasteiger partial charge in [-0.05, 0) is 38.3 Å². The van der Waals surface area contributed by atoms with Crippen LogP contribution in [0.2, 0.25) is 0 Å². The molecule has 0 bridgehead atoms. The van der Waals surface area contributed by atoms with Crippen molar-refractivity contribution in [3.8, 4) is 0 Å².